The van der Waals surface area contributed by atoms with Crippen molar-refractivity contribution in [1.29, 1.82) is 0 Å². The van der Waals surface area contributed by atoms with Gasteiger partial charge >= 0.3 is 0 Å². The predicted octanol–water partition coefficient (Wildman–Crippen LogP) is 3.11. The molecule has 0 amide bonds. The number of nitrogens with zero attached hydrogens (tertiary/aromatic N) is 3. The van der Waals surface area contributed by atoms with E-state index in [1.807, 2.05) is 25.5 Å². The van der Waals surface area contributed by atoms with E-state index in [9.17, 15) is 0 Å². The van der Waals surface area contributed by atoms with Crippen molar-refractivity contribution in [3.8, 4) is 0 Å². The predicted molar refractivity (Wildman–Crippen MR) is 72.7 cm³/mol. The van der Waals surface area contributed by atoms with Gasteiger partial charge in [0.2, 0.25) is 5.95 Å². The van der Waals surface area contributed by atoms with Gasteiger partial charge in [0.25, 0.3) is 0 Å². The number of rotatable bonds is 4. The van der Waals surface area contributed by atoms with Gasteiger partial charge in [-0.1, -0.05) is 0 Å². The zero-order valence-electron chi connectivity index (χ0n) is 10.6. The van der Waals surface area contributed by atoms with Crippen LogP contribution in [0.5, 0.6) is 0 Å². The van der Waals surface area contributed by atoms with Crippen LogP contribution >= 0.6 is 11.3 Å². The van der Waals surface area contributed by atoms with Gasteiger partial charge in [-0.25, -0.2) is 15.0 Å². The fourth-order valence-corrected chi connectivity index (χ4v) is 2.85. The molecule has 0 saturated heterocycles. The van der Waals surface area contributed by atoms with E-state index in [0.29, 0.717) is 11.9 Å². The molecule has 4 nitrogen and oxygen atoms in total. The molecule has 5 heteroatoms. The van der Waals surface area contributed by atoms with E-state index in [4.69, 9.17) is 0 Å². The molecule has 1 saturated carbocycles. The third kappa shape index (κ3) is 2.51. The Hall–Kier alpha value is -1.49. The summed E-state index contributed by atoms with van der Waals surface area (Å²) in [4.78, 5) is 14.4. The van der Waals surface area contributed by atoms with Crippen LogP contribution in [0.15, 0.2) is 18.6 Å². The lowest BCUT2D eigenvalue weighted by molar-refractivity contribution is 0.666. The maximum Gasteiger partial charge on any atom is 0.223 e. The van der Waals surface area contributed by atoms with Crippen LogP contribution in [-0.2, 0) is 0 Å². The molecule has 0 radical (unpaired) electrons. The van der Waals surface area contributed by atoms with Crippen LogP contribution in [0.1, 0.15) is 34.3 Å². The maximum absolute atomic E-state index is 4.49. The third-order valence-electron chi connectivity index (χ3n) is 3.06. The number of hydrogen-bond donors (Lipinski definition) is 1. The Morgan fingerprint density at radius 3 is 2.44 bits per heavy atom. The highest BCUT2D eigenvalue weighted by Gasteiger charge is 2.34. The Balaban J connectivity index is 1.80. The number of nitrogens with one attached hydrogen (secondary N) is 1. The Labute approximate surface area is 111 Å². The van der Waals surface area contributed by atoms with Gasteiger partial charge in [0.15, 0.2) is 0 Å². The lowest BCUT2D eigenvalue weighted by Crippen LogP contribution is -2.14. The summed E-state index contributed by atoms with van der Waals surface area (Å²) in [7, 11) is 0. The molecule has 1 N–H and O–H groups in total. The smallest absolute Gasteiger partial charge is 0.223 e. The zero-order chi connectivity index (χ0) is 12.5. The first-order chi connectivity index (χ1) is 8.72. The minimum Gasteiger partial charge on any atom is -0.345 e. The SMILES string of the molecule is Cc1cnc(NC(c2ncc(C)s2)C2CC2)nc1. The van der Waals surface area contributed by atoms with Crippen molar-refractivity contribution in [2.45, 2.75) is 32.7 Å². The first-order valence-electron chi connectivity index (χ1n) is 6.20. The van der Waals surface area contributed by atoms with E-state index in [1.165, 1.54) is 17.7 Å². The molecule has 0 bridgehead atoms. The second kappa shape index (κ2) is 4.65. The van der Waals surface area contributed by atoms with E-state index in [1.54, 1.807) is 11.3 Å². The minimum atomic E-state index is 0.270. The third-order valence-corrected chi connectivity index (χ3v) is 4.06. The molecular formula is C13H16N4S. The first-order valence-corrected chi connectivity index (χ1v) is 7.01. The largest absolute Gasteiger partial charge is 0.345 e. The lowest BCUT2D eigenvalue weighted by Gasteiger charge is -2.15. The van der Waals surface area contributed by atoms with Crippen molar-refractivity contribution in [2.24, 2.45) is 5.92 Å². The lowest BCUT2D eigenvalue weighted by atomic mass is 10.2. The van der Waals surface area contributed by atoms with Gasteiger partial charge in [-0.3, -0.25) is 0 Å². The minimum absolute atomic E-state index is 0.270. The average molecular weight is 260 g/mol. The summed E-state index contributed by atoms with van der Waals surface area (Å²) in [6.07, 6.45) is 8.15. The highest BCUT2D eigenvalue weighted by molar-refractivity contribution is 7.11. The number of aromatic nitrogens is 3. The summed E-state index contributed by atoms with van der Waals surface area (Å²) >= 11 is 1.76. The van der Waals surface area contributed by atoms with Crippen molar-refractivity contribution in [3.05, 3.63) is 34.0 Å². The van der Waals surface area contributed by atoms with E-state index < -0.39 is 0 Å². The Bertz CT molecular complexity index is 530. The summed E-state index contributed by atoms with van der Waals surface area (Å²) in [5.41, 5.74) is 1.08. The molecular weight excluding hydrogens is 244 g/mol. The molecule has 1 fully saturated rings. The normalized spacial score (nSPS) is 16.6. The van der Waals surface area contributed by atoms with Crippen LogP contribution < -0.4 is 5.32 Å². The molecule has 2 aromatic rings. The Morgan fingerprint density at radius 2 is 1.89 bits per heavy atom. The molecule has 94 valence electrons. The zero-order valence-corrected chi connectivity index (χ0v) is 11.4. The van der Waals surface area contributed by atoms with E-state index in [-0.39, 0.29) is 6.04 Å². The molecule has 0 aromatic carbocycles. The van der Waals surface area contributed by atoms with Crippen molar-refractivity contribution < 1.29 is 0 Å². The van der Waals surface area contributed by atoms with Crippen LogP contribution in [0.3, 0.4) is 0 Å². The van der Waals surface area contributed by atoms with E-state index >= 15 is 0 Å². The van der Waals surface area contributed by atoms with Crippen LogP contribution in [0.2, 0.25) is 0 Å². The molecule has 1 aliphatic carbocycles. The summed E-state index contributed by atoms with van der Waals surface area (Å²) < 4.78 is 0. The molecule has 18 heavy (non-hydrogen) atoms. The highest BCUT2D eigenvalue weighted by atomic mass is 32.1. The molecule has 1 atom stereocenters. The first kappa shape index (κ1) is 11.6. The van der Waals surface area contributed by atoms with Crippen LogP contribution in [0.25, 0.3) is 0 Å². The topological polar surface area (TPSA) is 50.7 Å². The molecule has 1 aliphatic rings. The molecule has 0 aliphatic heterocycles. The van der Waals surface area contributed by atoms with Gasteiger partial charge in [-0.05, 0) is 38.2 Å². The summed E-state index contributed by atoms with van der Waals surface area (Å²) in [6, 6.07) is 0.270. The molecule has 0 spiro atoms. The van der Waals surface area contributed by atoms with Gasteiger partial charge in [0.1, 0.15) is 5.01 Å². The number of hydrogen-bond acceptors (Lipinski definition) is 5. The molecule has 2 aromatic heterocycles. The van der Waals surface area contributed by atoms with Crippen molar-refractivity contribution in [2.75, 3.05) is 5.32 Å². The van der Waals surface area contributed by atoms with Crippen molar-refractivity contribution in [1.82, 2.24) is 15.0 Å². The van der Waals surface area contributed by atoms with Gasteiger partial charge in [0.05, 0.1) is 6.04 Å². The van der Waals surface area contributed by atoms with Crippen molar-refractivity contribution in [3.63, 3.8) is 0 Å². The maximum atomic E-state index is 4.49. The Morgan fingerprint density at radius 1 is 1.17 bits per heavy atom. The molecule has 3 rings (SSSR count). The number of thiazole rings is 1. The molecule has 2 heterocycles. The molecule has 1 unspecified atom stereocenters. The second-order valence-electron chi connectivity index (χ2n) is 4.85. The quantitative estimate of drug-likeness (QED) is 0.917. The van der Waals surface area contributed by atoms with Crippen molar-refractivity contribution >= 4 is 17.3 Å². The van der Waals surface area contributed by atoms with Gasteiger partial charge in [-0.15, -0.1) is 11.3 Å². The summed E-state index contributed by atoms with van der Waals surface area (Å²) in [5, 5.41) is 4.58. The van der Waals surface area contributed by atoms with Crippen LogP contribution in [-0.4, -0.2) is 15.0 Å². The highest BCUT2D eigenvalue weighted by Crippen LogP contribution is 2.43. The van der Waals surface area contributed by atoms with Crippen LogP contribution in [0, 0.1) is 19.8 Å². The average Bonchev–Trinajstić information content (AvgIpc) is 3.11. The van der Waals surface area contributed by atoms with Gasteiger partial charge in [-0.2, -0.15) is 0 Å². The second-order valence-corrected chi connectivity index (χ2v) is 6.12. The number of anilines is 1. The monoisotopic (exact) mass is 260 g/mol. The summed E-state index contributed by atoms with van der Waals surface area (Å²) in [5.74, 6) is 1.38. The standard InChI is InChI=1S/C13H16N4S/c1-8-5-15-13(16-6-8)17-11(10-3-4-10)12-14-7-9(2)18-12/h5-7,10-11H,3-4H2,1-2H3,(H,15,16,17). The summed E-state index contributed by atoms with van der Waals surface area (Å²) in [6.45, 7) is 4.08. The van der Waals surface area contributed by atoms with Gasteiger partial charge < -0.3 is 5.32 Å². The Kier molecular flexibility index (Phi) is 2.99. The fraction of sp³-hybridized carbons (Fsp3) is 0.462. The number of aryl methyl sites for hydroxylation is 2. The van der Waals surface area contributed by atoms with Gasteiger partial charge in [0, 0.05) is 23.5 Å². The van der Waals surface area contributed by atoms with E-state index in [0.717, 1.165) is 10.6 Å². The fourth-order valence-electron chi connectivity index (χ4n) is 1.93. The van der Waals surface area contributed by atoms with Crippen LogP contribution in [0.4, 0.5) is 5.95 Å². The van der Waals surface area contributed by atoms with E-state index in [2.05, 4.69) is 27.2 Å².